The molecule has 0 bridgehead atoms. The number of fused-ring (bicyclic) bond motifs is 2. The van der Waals surface area contributed by atoms with Crippen LogP contribution in [0, 0.1) is 0 Å². The third-order valence-corrected chi connectivity index (χ3v) is 4.48. The van der Waals surface area contributed by atoms with E-state index in [0.717, 1.165) is 40.1 Å². The van der Waals surface area contributed by atoms with Gasteiger partial charge >= 0.3 is 0 Å². The fraction of sp³-hybridized carbons (Fsp3) is 0.150. The molecule has 0 amide bonds. The van der Waals surface area contributed by atoms with Crippen LogP contribution in [0.5, 0.6) is 0 Å². The van der Waals surface area contributed by atoms with Crippen molar-refractivity contribution >= 4 is 22.0 Å². The van der Waals surface area contributed by atoms with Crippen molar-refractivity contribution in [2.24, 2.45) is 0 Å². The number of hydrogen-bond donors (Lipinski definition) is 1. The molecule has 6 nitrogen and oxygen atoms in total. The minimum Gasteiger partial charge on any atom is -0.441 e. The lowest BCUT2D eigenvalue weighted by Gasteiger charge is -1.94. The highest BCUT2D eigenvalue weighted by molar-refractivity contribution is 5.83. The Morgan fingerprint density at radius 1 is 1.04 bits per heavy atom. The zero-order chi connectivity index (χ0) is 17.5. The summed E-state index contributed by atoms with van der Waals surface area (Å²) in [6, 6.07) is 13.9. The summed E-state index contributed by atoms with van der Waals surface area (Å²) in [5.41, 5.74) is 4.68. The molecule has 6 heteroatoms. The number of nitrogens with one attached hydrogen (secondary N) is 1. The molecular formula is C20H16N4O2. The first-order valence-electron chi connectivity index (χ1n) is 8.57. The fourth-order valence-electron chi connectivity index (χ4n) is 3.15. The summed E-state index contributed by atoms with van der Waals surface area (Å²) in [4.78, 5) is 12.3. The minimum absolute atomic E-state index is 0.558. The van der Waals surface area contributed by atoms with E-state index in [1.54, 1.807) is 0 Å². The summed E-state index contributed by atoms with van der Waals surface area (Å²) >= 11 is 0. The van der Waals surface area contributed by atoms with Crippen molar-refractivity contribution in [1.82, 2.24) is 20.1 Å². The molecule has 0 aliphatic carbocycles. The van der Waals surface area contributed by atoms with Gasteiger partial charge in [0, 0.05) is 29.1 Å². The largest absolute Gasteiger partial charge is 0.441 e. The summed E-state index contributed by atoms with van der Waals surface area (Å²) < 4.78 is 11.1. The molecule has 3 aromatic heterocycles. The van der Waals surface area contributed by atoms with E-state index in [4.69, 9.17) is 8.94 Å². The zero-order valence-corrected chi connectivity index (χ0v) is 14.2. The van der Waals surface area contributed by atoms with Gasteiger partial charge in [0.25, 0.3) is 0 Å². The molecule has 0 atom stereocenters. The van der Waals surface area contributed by atoms with Crippen LogP contribution in [0.25, 0.3) is 33.4 Å². The zero-order valence-electron chi connectivity index (χ0n) is 14.2. The highest BCUT2D eigenvalue weighted by Gasteiger charge is 2.13. The first-order valence-corrected chi connectivity index (χ1v) is 8.57. The number of nitrogens with zero attached hydrogens (tertiary/aromatic N) is 3. The summed E-state index contributed by atoms with van der Waals surface area (Å²) in [7, 11) is 0. The van der Waals surface area contributed by atoms with Gasteiger partial charge in [0.2, 0.25) is 11.7 Å². The number of aryl methyl sites for hydroxylation is 1. The molecule has 5 rings (SSSR count). The average molecular weight is 344 g/mol. The second-order valence-corrected chi connectivity index (χ2v) is 6.19. The molecule has 0 saturated carbocycles. The third-order valence-electron chi connectivity index (χ3n) is 4.48. The molecule has 5 aromatic rings. The number of oxazole rings is 1. The monoisotopic (exact) mass is 344 g/mol. The van der Waals surface area contributed by atoms with Gasteiger partial charge in [-0.25, -0.2) is 4.98 Å². The van der Waals surface area contributed by atoms with Crippen molar-refractivity contribution in [3.63, 3.8) is 0 Å². The molecule has 0 saturated heterocycles. The maximum Gasteiger partial charge on any atom is 0.231 e. The second-order valence-electron chi connectivity index (χ2n) is 6.19. The van der Waals surface area contributed by atoms with Crippen LogP contribution >= 0.6 is 0 Å². The van der Waals surface area contributed by atoms with Gasteiger partial charge in [-0.3, -0.25) is 0 Å². The molecule has 2 aromatic carbocycles. The molecule has 0 aliphatic heterocycles. The van der Waals surface area contributed by atoms with Crippen molar-refractivity contribution in [2.75, 3.05) is 0 Å². The smallest absolute Gasteiger partial charge is 0.231 e. The van der Waals surface area contributed by atoms with Crippen LogP contribution in [-0.2, 0) is 12.8 Å². The lowest BCUT2D eigenvalue weighted by Crippen LogP contribution is -1.87. The van der Waals surface area contributed by atoms with E-state index >= 15 is 0 Å². The Kier molecular flexibility index (Phi) is 3.35. The first kappa shape index (κ1) is 14.9. The Labute approximate surface area is 148 Å². The van der Waals surface area contributed by atoms with Gasteiger partial charge in [0.1, 0.15) is 5.52 Å². The molecule has 128 valence electrons. The fourth-order valence-corrected chi connectivity index (χ4v) is 3.15. The molecular weight excluding hydrogens is 328 g/mol. The predicted octanol–water partition coefficient (Wildman–Crippen LogP) is 4.51. The van der Waals surface area contributed by atoms with Crippen molar-refractivity contribution in [2.45, 2.75) is 19.8 Å². The number of aromatic nitrogens is 4. The van der Waals surface area contributed by atoms with Crippen LogP contribution < -0.4 is 0 Å². The van der Waals surface area contributed by atoms with Crippen LogP contribution in [0.3, 0.4) is 0 Å². The van der Waals surface area contributed by atoms with Gasteiger partial charge in [-0.2, -0.15) is 4.98 Å². The normalized spacial score (nSPS) is 11.6. The lowest BCUT2D eigenvalue weighted by molar-refractivity contribution is 0.386. The molecule has 0 fully saturated rings. The minimum atomic E-state index is 0.558. The average Bonchev–Trinajstić information content (AvgIpc) is 3.39. The van der Waals surface area contributed by atoms with Crippen molar-refractivity contribution < 1.29 is 8.94 Å². The molecule has 26 heavy (non-hydrogen) atoms. The van der Waals surface area contributed by atoms with E-state index in [1.807, 2.05) is 43.5 Å². The maximum absolute atomic E-state index is 5.65. The van der Waals surface area contributed by atoms with Crippen LogP contribution in [0.15, 0.2) is 57.6 Å². The molecule has 0 radical (unpaired) electrons. The Morgan fingerprint density at radius 3 is 2.88 bits per heavy atom. The Balaban J connectivity index is 1.46. The Bertz CT molecular complexity index is 1210. The van der Waals surface area contributed by atoms with Gasteiger partial charge in [-0.1, -0.05) is 30.3 Å². The maximum atomic E-state index is 5.65. The third kappa shape index (κ3) is 2.47. The van der Waals surface area contributed by atoms with E-state index in [1.165, 1.54) is 5.39 Å². The Hall–Kier alpha value is -3.41. The number of para-hydroxylation sites is 1. The number of hydrogen-bond acceptors (Lipinski definition) is 5. The van der Waals surface area contributed by atoms with E-state index in [2.05, 4.69) is 32.2 Å². The summed E-state index contributed by atoms with van der Waals surface area (Å²) in [6.07, 6.45) is 3.34. The molecule has 0 spiro atoms. The van der Waals surface area contributed by atoms with Crippen molar-refractivity contribution in [3.8, 4) is 11.4 Å². The quantitative estimate of drug-likeness (QED) is 0.519. The molecule has 0 aliphatic rings. The van der Waals surface area contributed by atoms with E-state index in [9.17, 15) is 0 Å². The highest BCUT2D eigenvalue weighted by Crippen LogP contribution is 2.25. The highest BCUT2D eigenvalue weighted by atomic mass is 16.5. The molecule has 3 heterocycles. The summed E-state index contributed by atoms with van der Waals surface area (Å²) in [5.74, 6) is 1.87. The molecule has 0 unspecified atom stereocenters. The predicted molar refractivity (Wildman–Crippen MR) is 97.8 cm³/mol. The number of aromatic amines is 1. The van der Waals surface area contributed by atoms with Crippen LogP contribution in [0.4, 0.5) is 0 Å². The van der Waals surface area contributed by atoms with E-state index in [0.29, 0.717) is 18.1 Å². The standard InChI is InChI=1S/C20H16N4O2/c1-2-18-22-16-9-12(7-8-17(16)25-18)20-23-19(26-24-20)10-13-11-21-15-6-4-3-5-14(13)15/h3-9,11,21H,2,10H2,1H3. The van der Waals surface area contributed by atoms with E-state index < -0.39 is 0 Å². The number of H-pyrrole nitrogens is 1. The van der Waals surface area contributed by atoms with Gasteiger partial charge in [0.05, 0.1) is 6.42 Å². The summed E-state index contributed by atoms with van der Waals surface area (Å²) in [6.45, 7) is 2.02. The van der Waals surface area contributed by atoms with Crippen LogP contribution in [0.1, 0.15) is 24.3 Å². The van der Waals surface area contributed by atoms with Crippen LogP contribution in [-0.4, -0.2) is 20.1 Å². The SMILES string of the molecule is CCc1nc2cc(-c3noc(Cc4c[nH]c5ccccc45)n3)ccc2o1. The number of benzene rings is 2. The van der Waals surface area contributed by atoms with Crippen LogP contribution in [0.2, 0.25) is 0 Å². The summed E-state index contributed by atoms with van der Waals surface area (Å²) in [5, 5.41) is 5.30. The van der Waals surface area contributed by atoms with Gasteiger partial charge in [-0.15, -0.1) is 0 Å². The van der Waals surface area contributed by atoms with E-state index in [-0.39, 0.29) is 0 Å². The van der Waals surface area contributed by atoms with Crippen molar-refractivity contribution in [1.29, 1.82) is 0 Å². The first-order chi connectivity index (χ1) is 12.8. The van der Waals surface area contributed by atoms with Gasteiger partial charge in [-0.05, 0) is 29.8 Å². The molecule has 1 N–H and O–H groups in total. The second kappa shape index (κ2) is 5.84. The van der Waals surface area contributed by atoms with Gasteiger partial charge in [0.15, 0.2) is 11.5 Å². The topological polar surface area (TPSA) is 80.7 Å². The van der Waals surface area contributed by atoms with Gasteiger partial charge < -0.3 is 13.9 Å². The lowest BCUT2D eigenvalue weighted by atomic mass is 10.1. The Morgan fingerprint density at radius 2 is 1.96 bits per heavy atom. The van der Waals surface area contributed by atoms with Crippen molar-refractivity contribution in [3.05, 3.63) is 66.0 Å². The number of rotatable bonds is 4.